The number of imidazole rings is 1. The molecule has 0 bridgehead atoms. The van der Waals surface area contributed by atoms with Crippen LogP contribution in [-0.2, 0) is 6.61 Å². The summed E-state index contributed by atoms with van der Waals surface area (Å²) in [7, 11) is 0. The van der Waals surface area contributed by atoms with Crippen molar-refractivity contribution >= 4 is 50.6 Å². The first-order valence-electron chi connectivity index (χ1n) is 8.79. The quantitative estimate of drug-likeness (QED) is 0.299. The van der Waals surface area contributed by atoms with Crippen molar-refractivity contribution in [3.63, 3.8) is 0 Å². The number of hydrogen-bond acceptors (Lipinski definition) is 3. The first-order valence-corrected chi connectivity index (χ1v) is 10.3. The van der Waals surface area contributed by atoms with Crippen LogP contribution in [0, 0.1) is 6.92 Å². The fourth-order valence-corrected chi connectivity index (χ4v) is 3.99. The lowest BCUT2D eigenvalue weighted by atomic mass is 10.0. The van der Waals surface area contributed by atoms with Gasteiger partial charge in [0.25, 0.3) is 0 Å². The Kier molecular flexibility index (Phi) is 5.63. The molecule has 0 fully saturated rings. The molecule has 0 N–H and O–H groups in total. The summed E-state index contributed by atoms with van der Waals surface area (Å²) in [6, 6.07) is 16.0. The third-order valence-electron chi connectivity index (χ3n) is 4.53. The number of fused-ring (bicyclic) bond motifs is 1. The Morgan fingerprint density at radius 3 is 2.45 bits per heavy atom. The first kappa shape index (κ1) is 20.0. The molecule has 0 amide bonds. The molecule has 0 atom stereocenters. The largest absolute Gasteiger partial charge is 0.485 e. The average Bonchev–Trinajstić information content (AvgIpc) is 3.02. The van der Waals surface area contributed by atoms with E-state index in [1.165, 1.54) is 0 Å². The van der Waals surface area contributed by atoms with Crippen LogP contribution in [0.1, 0.15) is 27.2 Å². The summed E-state index contributed by atoms with van der Waals surface area (Å²) in [5.41, 5.74) is 3.18. The smallest absolute Gasteiger partial charge is 0.193 e. The number of benzene rings is 2. The van der Waals surface area contributed by atoms with Gasteiger partial charge in [-0.1, -0.05) is 53.5 Å². The van der Waals surface area contributed by atoms with Gasteiger partial charge in [-0.2, -0.15) is 0 Å². The van der Waals surface area contributed by atoms with E-state index in [9.17, 15) is 4.79 Å². The monoisotopic (exact) mass is 488 g/mol. The third kappa shape index (κ3) is 3.90. The molecule has 0 aliphatic heterocycles. The lowest BCUT2D eigenvalue weighted by molar-refractivity contribution is 0.103. The van der Waals surface area contributed by atoms with Crippen molar-refractivity contribution in [1.29, 1.82) is 0 Å². The van der Waals surface area contributed by atoms with Crippen molar-refractivity contribution in [2.75, 3.05) is 0 Å². The second kappa shape index (κ2) is 8.19. The Balaban J connectivity index is 1.61. The number of aryl methyl sites for hydroxylation is 1. The van der Waals surface area contributed by atoms with Gasteiger partial charge in [-0.3, -0.25) is 9.20 Å². The molecule has 0 radical (unpaired) electrons. The fraction of sp³-hybridized carbons (Fsp3) is 0.0909. The standard InChI is InChI=1S/C22H15BrCl2N2O2/c1-13-21(23)27-9-5-8-19(22(27)26-13)29-12-16-17(24)10-15(11-18(16)25)20(28)14-6-3-2-4-7-14/h2-11H,12H2,1H3. The van der Waals surface area contributed by atoms with E-state index >= 15 is 0 Å². The molecule has 0 saturated heterocycles. The van der Waals surface area contributed by atoms with Crippen LogP contribution in [0.4, 0.5) is 0 Å². The van der Waals surface area contributed by atoms with E-state index in [1.807, 2.05) is 47.9 Å². The average molecular weight is 490 g/mol. The maximum Gasteiger partial charge on any atom is 0.193 e. The van der Waals surface area contributed by atoms with Crippen LogP contribution >= 0.6 is 39.1 Å². The molecular formula is C22H15BrCl2N2O2. The Morgan fingerprint density at radius 1 is 1.07 bits per heavy atom. The molecule has 29 heavy (non-hydrogen) atoms. The number of halogens is 3. The van der Waals surface area contributed by atoms with Gasteiger partial charge < -0.3 is 4.74 Å². The van der Waals surface area contributed by atoms with E-state index in [0.29, 0.717) is 38.1 Å². The highest BCUT2D eigenvalue weighted by Gasteiger charge is 2.16. The SMILES string of the molecule is Cc1nc2c(OCc3c(Cl)cc(C(=O)c4ccccc4)cc3Cl)cccn2c1Br. The number of rotatable bonds is 5. The summed E-state index contributed by atoms with van der Waals surface area (Å²) in [6.07, 6.45) is 1.90. The van der Waals surface area contributed by atoms with E-state index in [4.69, 9.17) is 27.9 Å². The van der Waals surface area contributed by atoms with E-state index in [1.54, 1.807) is 24.3 Å². The number of pyridine rings is 1. The number of carbonyl (C=O) groups is 1. The van der Waals surface area contributed by atoms with Crippen LogP contribution < -0.4 is 4.74 Å². The van der Waals surface area contributed by atoms with Crippen LogP contribution in [0.3, 0.4) is 0 Å². The van der Waals surface area contributed by atoms with Crippen molar-refractivity contribution in [1.82, 2.24) is 9.38 Å². The lowest BCUT2D eigenvalue weighted by Crippen LogP contribution is -2.04. The van der Waals surface area contributed by atoms with Gasteiger partial charge in [-0.15, -0.1) is 0 Å². The summed E-state index contributed by atoms with van der Waals surface area (Å²) in [4.78, 5) is 17.2. The number of carbonyl (C=O) groups excluding carboxylic acids is 1. The minimum absolute atomic E-state index is 0.135. The first-order chi connectivity index (χ1) is 14.0. The molecule has 0 aliphatic carbocycles. The second-order valence-corrected chi connectivity index (χ2v) is 8.02. The molecule has 0 spiro atoms. The zero-order chi connectivity index (χ0) is 20.5. The summed E-state index contributed by atoms with van der Waals surface area (Å²) in [5.74, 6) is 0.474. The minimum atomic E-state index is -0.135. The molecule has 4 nitrogen and oxygen atoms in total. The van der Waals surface area contributed by atoms with Crippen LogP contribution in [0.2, 0.25) is 10.0 Å². The van der Waals surface area contributed by atoms with E-state index in [0.717, 1.165) is 10.3 Å². The molecule has 4 rings (SSSR count). The maximum absolute atomic E-state index is 12.7. The topological polar surface area (TPSA) is 43.6 Å². The number of ether oxygens (including phenoxy) is 1. The highest BCUT2D eigenvalue weighted by Crippen LogP contribution is 2.31. The normalized spacial score (nSPS) is 11.0. The van der Waals surface area contributed by atoms with Crippen LogP contribution in [0.25, 0.3) is 5.65 Å². The molecule has 2 heterocycles. The van der Waals surface area contributed by atoms with Gasteiger partial charge in [0.1, 0.15) is 11.2 Å². The highest BCUT2D eigenvalue weighted by molar-refractivity contribution is 9.10. The summed E-state index contributed by atoms with van der Waals surface area (Å²) in [5, 5.41) is 0.758. The summed E-state index contributed by atoms with van der Waals surface area (Å²) < 4.78 is 8.73. The van der Waals surface area contributed by atoms with Crippen molar-refractivity contribution in [2.45, 2.75) is 13.5 Å². The molecular weight excluding hydrogens is 475 g/mol. The van der Waals surface area contributed by atoms with Crippen molar-refractivity contribution < 1.29 is 9.53 Å². The van der Waals surface area contributed by atoms with Crippen molar-refractivity contribution in [3.05, 3.63) is 97.8 Å². The molecule has 0 aliphatic rings. The van der Waals surface area contributed by atoms with E-state index < -0.39 is 0 Å². The molecule has 0 unspecified atom stereocenters. The van der Waals surface area contributed by atoms with Crippen LogP contribution in [0.15, 0.2) is 65.4 Å². The van der Waals surface area contributed by atoms with Crippen molar-refractivity contribution in [2.24, 2.45) is 0 Å². The zero-order valence-electron chi connectivity index (χ0n) is 15.3. The lowest BCUT2D eigenvalue weighted by Gasteiger charge is -2.12. The van der Waals surface area contributed by atoms with Gasteiger partial charge in [0.15, 0.2) is 17.2 Å². The van der Waals surface area contributed by atoms with Crippen LogP contribution in [0.5, 0.6) is 5.75 Å². The highest BCUT2D eigenvalue weighted by atomic mass is 79.9. The predicted octanol–water partition coefficient (Wildman–Crippen LogP) is 6.52. The molecule has 4 aromatic rings. The second-order valence-electron chi connectivity index (χ2n) is 6.46. The van der Waals surface area contributed by atoms with Gasteiger partial charge in [-0.25, -0.2) is 4.98 Å². The van der Waals surface area contributed by atoms with Gasteiger partial charge in [0.05, 0.1) is 5.69 Å². The Labute approximate surface area is 186 Å². The zero-order valence-corrected chi connectivity index (χ0v) is 18.4. The van der Waals surface area contributed by atoms with Crippen LogP contribution in [-0.4, -0.2) is 15.2 Å². The fourth-order valence-electron chi connectivity index (χ4n) is 3.02. The number of ketones is 1. The number of nitrogens with zero attached hydrogens (tertiary/aromatic N) is 2. The molecule has 7 heteroatoms. The molecule has 0 saturated carbocycles. The van der Waals surface area contributed by atoms with Gasteiger partial charge >= 0.3 is 0 Å². The van der Waals surface area contributed by atoms with E-state index in [2.05, 4.69) is 20.9 Å². The predicted molar refractivity (Wildman–Crippen MR) is 118 cm³/mol. The van der Waals surface area contributed by atoms with Crippen molar-refractivity contribution in [3.8, 4) is 5.75 Å². The third-order valence-corrected chi connectivity index (χ3v) is 6.16. The molecule has 2 aromatic carbocycles. The summed E-state index contributed by atoms with van der Waals surface area (Å²) in [6.45, 7) is 2.07. The Hall–Kier alpha value is -2.34. The van der Waals surface area contributed by atoms with Gasteiger partial charge in [0.2, 0.25) is 0 Å². The minimum Gasteiger partial charge on any atom is -0.485 e. The Morgan fingerprint density at radius 2 is 1.76 bits per heavy atom. The van der Waals surface area contributed by atoms with Gasteiger partial charge in [-0.05, 0) is 47.1 Å². The summed E-state index contributed by atoms with van der Waals surface area (Å²) >= 11 is 16.4. The van der Waals surface area contributed by atoms with Gasteiger partial charge in [0, 0.05) is 32.9 Å². The number of aromatic nitrogens is 2. The number of hydrogen-bond donors (Lipinski definition) is 0. The molecule has 2 aromatic heterocycles. The Bertz CT molecular complexity index is 1200. The maximum atomic E-state index is 12.7. The van der Waals surface area contributed by atoms with E-state index in [-0.39, 0.29) is 12.4 Å². The molecule has 146 valence electrons.